The summed E-state index contributed by atoms with van der Waals surface area (Å²) in [4.78, 5) is 13.5. The fraction of sp³-hybridized carbons (Fsp3) is 0.286. The Hall–Kier alpha value is -1.45. The van der Waals surface area contributed by atoms with Crippen molar-refractivity contribution in [1.82, 2.24) is 4.98 Å². The van der Waals surface area contributed by atoms with Crippen molar-refractivity contribution < 1.29 is 0 Å². The first-order valence-electron chi connectivity index (χ1n) is 3.28. The number of nitrogens with one attached hydrogen (secondary N) is 1. The molecule has 1 aromatic rings. The van der Waals surface area contributed by atoms with Gasteiger partial charge in [0.2, 0.25) is 0 Å². The molecule has 0 bridgehead atoms. The van der Waals surface area contributed by atoms with Gasteiger partial charge >= 0.3 is 0 Å². The van der Waals surface area contributed by atoms with Gasteiger partial charge in [-0.2, -0.15) is 0 Å². The third kappa shape index (κ3) is 1.07. The Morgan fingerprint density at radius 2 is 1.73 bits per heavy atom. The second-order valence-corrected chi connectivity index (χ2v) is 2.53. The lowest BCUT2D eigenvalue weighted by molar-refractivity contribution is 1.11. The Labute approximate surface area is 64.2 Å². The molecular formula is C7H11N3O. The van der Waals surface area contributed by atoms with Crippen molar-refractivity contribution in [3.05, 3.63) is 21.6 Å². The number of H-pyrrole nitrogens is 1. The summed E-state index contributed by atoms with van der Waals surface area (Å²) in [5.41, 5.74) is 12.7. The standard InChI is InChI=1S/C7H11N3O/c1-3-4(2)10-7(11)6(9)5(3)8/h9H2,1-2H3,(H3,8,10,11). The van der Waals surface area contributed by atoms with Crippen LogP contribution in [0.25, 0.3) is 0 Å². The second kappa shape index (κ2) is 2.30. The van der Waals surface area contributed by atoms with Gasteiger partial charge in [-0.1, -0.05) is 0 Å². The summed E-state index contributed by atoms with van der Waals surface area (Å²) in [6, 6.07) is 0. The Morgan fingerprint density at radius 3 is 2.27 bits per heavy atom. The number of anilines is 2. The van der Waals surface area contributed by atoms with Gasteiger partial charge in [-0.05, 0) is 19.4 Å². The van der Waals surface area contributed by atoms with Crippen molar-refractivity contribution in [3.8, 4) is 0 Å². The molecule has 1 aromatic heterocycles. The van der Waals surface area contributed by atoms with E-state index in [0.29, 0.717) is 5.69 Å². The molecule has 0 aliphatic carbocycles. The molecule has 0 unspecified atom stereocenters. The molecule has 0 atom stereocenters. The fourth-order valence-electron chi connectivity index (χ4n) is 0.858. The summed E-state index contributed by atoms with van der Waals surface area (Å²) in [5, 5.41) is 0. The number of nitrogen functional groups attached to an aromatic ring is 2. The van der Waals surface area contributed by atoms with Gasteiger partial charge in [0.05, 0.1) is 5.69 Å². The molecule has 0 radical (unpaired) electrons. The van der Waals surface area contributed by atoms with Crippen LogP contribution < -0.4 is 17.0 Å². The van der Waals surface area contributed by atoms with Gasteiger partial charge in [0.15, 0.2) is 0 Å². The Morgan fingerprint density at radius 1 is 1.18 bits per heavy atom. The van der Waals surface area contributed by atoms with Gasteiger partial charge in [0.25, 0.3) is 5.56 Å². The van der Waals surface area contributed by atoms with Gasteiger partial charge in [0.1, 0.15) is 5.69 Å². The molecule has 60 valence electrons. The molecule has 0 saturated carbocycles. The number of aromatic amines is 1. The van der Waals surface area contributed by atoms with Crippen molar-refractivity contribution in [1.29, 1.82) is 0 Å². The van der Waals surface area contributed by atoms with Crippen LogP contribution in [-0.2, 0) is 0 Å². The molecule has 0 fully saturated rings. The lowest BCUT2D eigenvalue weighted by Gasteiger charge is -2.05. The Balaban J connectivity index is 3.59. The van der Waals surface area contributed by atoms with E-state index in [1.807, 2.05) is 6.92 Å². The molecular weight excluding hydrogens is 142 g/mol. The summed E-state index contributed by atoms with van der Waals surface area (Å²) in [5.74, 6) is 0. The van der Waals surface area contributed by atoms with Crippen LogP contribution in [0.15, 0.2) is 4.79 Å². The quantitative estimate of drug-likeness (QED) is 0.496. The number of aryl methyl sites for hydroxylation is 1. The highest BCUT2D eigenvalue weighted by atomic mass is 16.1. The number of hydrogen-bond donors (Lipinski definition) is 3. The van der Waals surface area contributed by atoms with Crippen LogP contribution in [0.1, 0.15) is 11.3 Å². The van der Waals surface area contributed by atoms with Crippen molar-refractivity contribution in [3.63, 3.8) is 0 Å². The lowest BCUT2D eigenvalue weighted by Crippen LogP contribution is -2.16. The molecule has 0 aliphatic rings. The van der Waals surface area contributed by atoms with Crippen LogP contribution in [0.4, 0.5) is 11.4 Å². The largest absolute Gasteiger partial charge is 0.397 e. The maximum Gasteiger partial charge on any atom is 0.273 e. The highest BCUT2D eigenvalue weighted by molar-refractivity contribution is 5.66. The summed E-state index contributed by atoms with van der Waals surface area (Å²) in [7, 11) is 0. The number of pyridine rings is 1. The minimum atomic E-state index is -0.314. The van der Waals surface area contributed by atoms with Crippen LogP contribution in [0.3, 0.4) is 0 Å². The predicted octanol–water partition coefficient (Wildman–Crippen LogP) is 0.156. The molecule has 0 spiro atoms. The van der Waals surface area contributed by atoms with Crippen molar-refractivity contribution in [2.75, 3.05) is 11.5 Å². The number of aromatic nitrogens is 1. The third-order valence-electron chi connectivity index (χ3n) is 1.80. The highest BCUT2D eigenvalue weighted by Crippen LogP contribution is 2.15. The number of hydrogen-bond acceptors (Lipinski definition) is 3. The molecule has 0 amide bonds. The maximum absolute atomic E-state index is 11.0. The van der Waals surface area contributed by atoms with E-state index >= 15 is 0 Å². The molecule has 11 heavy (non-hydrogen) atoms. The van der Waals surface area contributed by atoms with E-state index in [-0.39, 0.29) is 11.2 Å². The Bertz CT molecular complexity index is 340. The van der Waals surface area contributed by atoms with E-state index in [9.17, 15) is 4.79 Å². The minimum absolute atomic E-state index is 0.105. The smallest absolute Gasteiger partial charge is 0.273 e. The second-order valence-electron chi connectivity index (χ2n) is 2.53. The normalized spacial score (nSPS) is 10.0. The lowest BCUT2D eigenvalue weighted by atomic mass is 10.2. The first-order valence-corrected chi connectivity index (χ1v) is 3.28. The van der Waals surface area contributed by atoms with Crippen molar-refractivity contribution in [2.24, 2.45) is 0 Å². The average molecular weight is 153 g/mol. The third-order valence-corrected chi connectivity index (χ3v) is 1.80. The highest BCUT2D eigenvalue weighted by Gasteiger charge is 2.05. The first-order chi connectivity index (χ1) is 5.04. The topological polar surface area (TPSA) is 84.9 Å². The molecule has 4 heteroatoms. The van der Waals surface area contributed by atoms with Crippen molar-refractivity contribution in [2.45, 2.75) is 13.8 Å². The number of nitrogens with two attached hydrogens (primary N) is 2. The zero-order valence-electron chi connectivity index (χ0n) is 6.56. The van der Waals surface area contributed by atoms with Crippen molar-refractivity contribution >= 4 is 11.4 Å². The van der Waals surface area contributed by atoms with Gasteiger partial charge < -0.3 is 16.5 Å². The van der Waals surface area contributed by atoms with Crippen LogP contribution in [0.5, 0.6) is 0 Å². The van der Waals surface area contributed by atoms with E-state index in [1.165, 1.54) is 0 Å². The van der Waals surface area contributed by atoms with Gasteiger partial charge in [-0.15, -0.1) is 0 Å². The Kier molecular flexibility index (Phi) is 1.60. The molecule has 0 saturated heterocycles. The van der Waals surface area contributed by atoms with Gasteiger partial charge in [-0.3, -0.25) is 4.79 Å². The van der Waals surface area contributed by atoms with E-state index in [4.69, 9.17) is 11.5 Å². The predicted molar refractivity (Wildman–Crippen MR) is 45.4 cm³/mol. The molecule has 1 rings (SSSR count). The number of rotatable bonds is 0. The van der Waals surface area contributed by atoms with Gasteiger partial charge in [-0.25, -0.2) is 0 Å². The fourth-order valence-corrected chi connectivity index (χ4v) is 0.858. The monoisotopic (exact) mass is 153 g/mol. The van der Waals surface area contributed by atoms with E-state index in [2.05, 4.69) is 4.98 Å². The van der Waals surface area contributed by atoms with E-state index in [1.54, 1.807) is 6.92 Å². The summed E-state index contributed by atoms with van der Waals surface area (Å²) in [6.45, 7) is 3.60. The van der Waals surface area contributed by atoms with Crippen LogP contribution in [0, 0.1) is 13.8 Å². The summed E-state index contributed by atoms with van der Waals surface area (Å²) in [6.07, 6.45) is 0. The first kappa shape index (κ1) is 7.65. The van der Waals surface area contributed by atoms with Crippen LogP contribution in [-0.4, -0.2) is 4.98 Å². The molecule has 4 nitrogen and oxygen atoms in total. The zero-order valence-corrected chi connectivity index (χ0v) is 6.56. The van der Waals surface area contributed by atoms with Gasteiger partial charge in [0, 0.05) is 5.69 Å². The van der Waals surface area contributed by atoms with E-state index < -0.39 is 0 Å². The molecule has 1 heterocycles. The summed E-state index contributed by atoms with van der Waals surface area (Å²) >= 11 is 0. The maximum atomic E-state index is 11.0. The summed E-state index contributed by atoms with van der Waals surface area (Å²) < 4.78 is 0. The molecule has 5 N–H and O–H groups in total. The zero-order chi connectivity index (χ0) is 8.59. The molecule has 0 aromatic carbocycles. The average Bonchev–Trinajstić information content (AvgIpc) is 1.97. The molecule has 0 aliphatic heterocycles. The van der Waals surface area contributed by atoms with Crippen LogP contribution in [0.2, 0.25) is 0 Å². The van der Waals surface area contributed by atoms with Crippen LogP contribution >= 0.6 is 0 Å². The SMILES string of the molecule is Cc1[nH]c(=O)c(N)c(N)c1C. The minimum Gasteiger partial charge on any atom is -0.397 e. The van der Waals surface area contributed by atoms with E-state index in [0.717, 1.165) is 11.3 Å².